The van der Waals surface area contributed by atoms with Crippen molar-refractivity contribution in [2.45, 2.75) is 196 Å². The number of fused-ring (bicyclic) bond motifs is 10. The molecular formula is C48H83B5N2O17S. The van der Waals surface area contributed by atoms with Crippen LogP contribution in [0.4, 0.5) is 0 Å². The first-order chi connectivity index (χ1) is 34.3. The molecular weight excluding hydrogens is 963 g/mol. The monoisotopic (exact) mass is 1050 g/mol. The van der Waals surface area contributed by atoms with Gasteiger partial charge in [0.05, 0.1) is 61.1 Å². The van der Waals surface area contributed by atoms with Crippen LogP contribution in [0.25, 0.3) is 0 Å². The van der Waals surface area contributed by atoms with Crippen LogP contribution in [0, 0.1) is 0 Å². The van der Waals surface area contributed by atoms with Crippen molar-refractivity contribution in [2.24, 2.45) is 0 Å². The fourth-order valence-corrected chi connectivity index (χ4v) is 15.3. The molecule has 10 heterocycles. The summed E-state index contributed by atoms with van der Waals surface area (Å²) < 4.78 is 94.4. The summed E-state index contributed by atoms with van der Waals surface area (Å²) in [6, 6.07) is -1.49. The van der Waals surface area contributed by atoms with Gasteiger partial charge in [-0.2, -0.15) is 11.8 Å². The average Bonchev–Trinajstić information content (AvgIpc) is 4.23. The van der Waals surface area contributed by atoms with Gasteiger partial charge in [-0.15, -0.1) is 0 Å². The van der Waals surface area contributed by atoms with Crippen LogP contribution in [-0.4, -0.2) is 302 Å². The molecule has 10 saturated heterocycles. The predicted molar refractivity (Wildman–Crippen MR) is 276 cm³/mol. The maximum atomic E-state index is 5.93. The van der Waals surface area contributed by atoms with Crippen LogP contribution in [0.3, 0.4) is 0 Å². The lowest BCUT2D eigenvalue weighted by atomic mass is 9.79. The van der Waals surface area contributed by atoms with Crippen molar-refractivity contribution in [1.29, 1.82) is 0 Å². The number of ether oxygens (including phenoxy) is 17. The third-order valence-electron chi connectivity index (χ3n) is 17.2. The number of rotatable bonds is 15. The molecule has 19 nitrogen and oxygen atoms in total. The summed E-state index contributed by atoms with van der Waals surface area (Å²) in [6.07, 6.45) is -0.883. The Balaban J connectivity index is 0.000000149. The highest BCUT2D eigenvalue weighted by Gasteiger charge is 2.72. The quantitative estimate of drug-likeness (QED) is 0.208. The summed E-state index contributed by atoms with van der Waals surface area (Å²) in [5, 5.41) is 3.70. The predicted octanol–water partition coefficient (Wildman–Crippen LogP) is -0.522. The molecule has 0 aliphatic carbocycles. The second kappa shape index (κ2) is 23.9. The van der Waals surface area contributed by atoms with Crippen molar-refractivity contribution in [2.75, 3.05) is 110 Å². The highest BCUT2D eigenvalue weighted by atomic mass is 32.2. The van der Waals surface area contributed by atoms with Crippen molar-refractivity contribution >= 4 is 51.0 Å². The van der Waals surface area contributed by atoms with Gasteiger partial charge < -0.3 is 85.8 Å². The standard InChI is InChI=1S/C11H19BO4.C10H18BNO3.C9H16BNO3.C9H15BO4.C9H15BO3S/c1-6(13-4)11-8(14-5)7(9(12)16-11)15-10(11,2)3;1-9(2)10(5-13-3)7(14-4)6(12-9)8(11)15-10;1-11-4-9(5-12-2)7(13-3)6(11)8(10)14-9;1-5-9(4-11-2)7(12-3)6(13-5)8(10)14-9;1-5(11-2)9-4-14-6(7(9)12-3)8(10)13-9/h6-9H,1-5H3;6-8,12H,5H2,1-4H3;6-8H,4-5H2,1-3H3;2*5-8H,4H2,1-3H3/t6?,7-,8?,9+,11+;6-,7?,8+,10+;6-,7?,8+,9+;5?,6-,7?,8+,9-;5?,6-,7?,8+,9+/m00000/s1. The Morgan fingerprint density at radius 1 is 0.603 bits per heavy atom. The fraction of sp³-hybridized carbons (Fsp3) is 1.00. The number of morpholine rings is 2. The number of methoxy groups -OCH3 is 10. The van der Waals surface area contributed by atoms with Gasteiger partial charge in [-0.05, 0) is 55.5 Å². The zero-order valence-corrected chi connectivity index (χ0v) is 47.4. The van der Waals surface area contributed by atoms with E-state index in [1.807, 2.05) is 53.4 Å². The van der Waals surface area contributed by atoms with Gasteiger partial charge in [-0.1, -0.05) is 0 Å². The smallest absolute Gasteiger partial charge is 0.150 e. The van der Waals surface area contributed by atoms with Gasteiger partial charge in [-0.25, -0.2) is 0 Å². The zero-order chi connectivity index (χ0) is 54.4. The Hall–Kier alpha value is -0.0853. The molecule has 0 aromatic rings. The molecule has 10 aliphatic heterocycles. The lowest BCUT2D eigenvalue weighted by Gasteiger charge is -2.46. The largest absolute Gasteiger partial charge is 0.382 e. The first-order valence-electron chi connectivity index (χ1n) is 25.1. The molecule has 0 aromatic carbocycles. The second-order valence-corrected chi connectivity index (χ2v) is 22.9. The van der Waals surface area contributed by atoms with Gasteiger partial charge in [0, 0.05) is 119 Å². The number of nitrogens with one attached hydrogen (secondary N) is 1. The summed E-state index contributed by atoms with van der Waals surface area (Å²) in [6.45, 7) is 16.3. The van der Waals surface area contributed by atoms with Crippen molar-refractivity contribution < 1.29 is 80.5 Å². The molecule has 0 spiro atoms. The SMILES string of the molecule is [B][C@@H]1O[C@@]2(C(C)OC)CS[C@H]1C2OC.[B][C@@H]1O[C@@]2(COC)C(C)O[C@H]1C2OC.[B][C@@H]1O[C@@]2(COC)CN(C)[C@H]1C2OC.[B][C@@H]1O[C@]2(C(C)OC)C(OC)[C@@H]1OC2(C)C.[B][C@@H]1O[C@]2(COC)C(OC)[C@@H]1NC2(C)C. The van der Waals surface area contributed by atoms with E-state index < -0.39 is 34.4 Å². The van der Waals surface area contributed by atoms with E-state index in [9.17, 15) is 0 Å². The Kier molecular flexibility index (Phi) is 20.4. The maximum Gasteiger partial charge on any atom is 0.150 e. The zero-order valence-electron chi connectivity index (χ0n) is 46.6. The van der Waals surface area contributed by atoms with Crippen molar-refractivity contribution in [3.63, 3.8) is 0 Å². The maximum absolute atomic E-state index is 5.93. The Morgan fingerprint density at radius 2 is 1.18 bits per heavy atom. The van der Waals surface area contributed by atoms with Crippen LogP contribution in [-0.2, 0) is 80.5 Å². The molecule has 10 aliphatic rings. The lowest BCUT2D eigenvalue weighted by molar-refractivity contribution is -0.244. The average molecular weight is 1050 g/mol. The van der Waals surface area contributed by atoms with Gasteiger partial charge in [0.2, 0.25) is 0 Å². The number of likely N-dealkylation sites (N-methyl/N-ethyl adjacent to an activating group) is 1. The minimum atomic E-state index is -0.638. The molecule has 73 heavy (non-hydrogen) atoms. The van der Waals surface area contributed by atoms with Crippen LogP contribution in [0.15, 0.2) is 0 Å². The molecule has 10 bridgehead atoms. The van der Waals surface area contributed by atoms with Gasteiger partial charge in [0.1, 0.15) is 104 Å². The fourth-order valence-electron chi connectivity index (χ4n) is 13.6. The lowest BCUT2D eigenvalue weighted by Crippen LogP contribution is -2.62. The molecule has 0 aromatic heterocycles. The normalized spacial score (nSPS) is 48.3. The number of nitrogens with zero attached hydrogens (tertiary/aromatic N) is 1. The number of thioether (sulfide) groups is 1. The summed E-state index contributed by atoms with van der Waals surface area (Å²) in [7, 11) is 48.1. The van der Waals surface area contributed by atoms with Crippen LogP contribution in [0.5, 0.6) is 0 Å². The summed E-state index contributed by atoms with van der Waals surface area (Å²) >= 11 is 1.82. The number of hydrogen-bond donors (Lipinski definition) is 1. The summed E-state index contributed by atoms with van der Waals surface area (Å²) in [5.74, 6) is 0.902. The van der Waals surface area contributed by atoms with Gasteiger partial charge in [-0.3, -0.25) is 4.90 Å². The molecule has 8 unspecified atom stereocenters. The highest BCUT2D eigenvalue weighted by molar-refractivity contribution is 8.00. The molecule has 1 N–H and O–H groups in total. The van der Waals surface area contributed by atoms with Gasteiger partial charge in [0.25, 0.3) is 0 Å². The van der Waals surface area contributed by atoms with Crippen molar-refractivity contribution in [1.82, 2.24) is 10.2 Å². The van der Waals surface area contributed by atoms with Crippen LogP contribution in [0.2, 0.25) is 0 Å². The minimum Gasteiger partial charge on any atom is -0.382 e. The van der Waals surface area contributed by atoms with Crippen LogP contribution < -0.4 is 5.32 Å². The van der Waals surface area contributed by atoms with Gasteiger partial charge in [0.15, 0.2) is 5.60 Å². The minimum absolute atomic E-state index is 0.0125. The molecule has 0 saturated carbocycles. The third-order valence-corrected chi connectivity index (χ3v) is 18.8. The highest BCUT2D eigenvalue weighted by Crippen LogP contribution is 2.54. The molecule has 408 valence electrons. The molecule has 23 atom stereocenters. The van der Waals surface area contributed by atoms with Gasteiger partial charge >= 0.3 is 0 Å². The molecule has 10 rings (SSSR count). The topological polar surface area (TPSA) is 172 Å². The van der Waals surface area contributed by atoms with E-state index in [1.165, 1.54) is 0 Å². The first-order valence-corrected chi connectivity index (χ1v) is 26.2. The number of hydrogen-bond acceptors (Lipinski definition) is 20. The van der Waals surface area contributed by atoms with E-state index in [0.717, 1.165) is 12.3 Å². The van der Waals surface area contributed by atoms with E-state index in [4.69, 9.17) is 120 Å². The molecule has 10 fully saturated rings. The van der Waals surface area contributed by atoms with Crippen molar-refractivity contribution in [3.05, 3.63) is 0 Å². The molecule has 0 amide bonds. The molecule has 10 radical (unpaired) electrons. The number of likely N-dealkylation sites (tertiary alicyclic amines) is 1. The van der Waals surface area contributed by atoms with E-state index in [1.54, 1.807) is 71.1 Å². The molecule has 25 heteroatoms. The van der Waals surface area contributed by atoms with Crippen LogP contribution in [0.1, 0.15) is 48.5 Å². The summed E-state index contributed by atoms with van der Waals surface area (Å²) in [4.78, 5) is 2.18. The van der Waals surface area contributed by atoms with E-state index in [0.29, 0.717) is 19.8 Å². The third kappa shape index (κ3) is 10.2. The first kappa shape index (κ1) is 62.1. The van der Waals surface area contributed by atoms with Crippen molar-refractivity contribution in [3.8, 4) is 0 Å². The van der Waals surface area contributed by atoms with E-state index in [2.05, 4.69) is 24.1 Å². The Bertz CT molecular complexity index is 1770. The van der Waals surface area contributed by atoms with E-state index in [-0.39, 0.29) is 113 Å². The summed E-state index contributed by atoms with van der Waals surface area (Å²) in [5.41, 5.74) is -3.04. The second-order valence-electron chi connectivity index (χ2n) is 21.7. The van der Waals surface area contributed by atoms with Crippen LogP contribution >= 0.6 is 11.8 Å². The Labute approximate surface area is 446 Å². The Morgan fingerprint density at radius 3 is 1.70 bits per heavy atom. The van der Waals surface area contributed by atoms with E-state index >= 15 is 0 Å².